The molecule has 4 aromatic carbocycles. The van der Waals surface area contributed by atoms with Crippen LogP contribution >= 0.6 is 23.2 Å². The number of rotatable bonds is 14. The molecule has 314 valence electrons. The fourth-order valence-electron chi connectivity index (χ4n) is 6.54. The number of aliphatic hydroxyl groups is 1. The molecule has 0 bridgehead atoms. The molecule has 0 saturated heterocycles. The first-order valence-corrected chi connectivity index (χ1v) is 19.4. The van der Waals surface area contributed by atoms with Crippen LogP contribution in [0.15, 0.2) is 90.0 Å². The molecule has 0 aliphatic carbocycles. The quantitative estimate of drug-likeness (QED) is 0.0430. The summed E-state index contributed by atoms with van der Waals surface area (Å²) in [6.07, 6.45) is 1.23. The highest BCUT2D eigenvalue weighted by molar-refractivity contribution is 6.31. The zero-order chi connectivity index (χ0) is 43.9. The number of hydrogen-bond donors (Lipinski definition) is 1. The molecule has 2 amide bonds. The summed E-state index contributed by atoms with van der Waals surface area (Å²) in [6, 6.07) is 20.8. The Morgan fingerprint density at radius 3 is 2.00 bits per heavy atom. The number of ether oxygens (including phenoxy) is 3. The van der Waals surface area contributed by atoms with Crippen LogP contribution in [0.2, 0.25) is 10.0 Å². The molecule has 2 atom stereocenters. The molecular weight excluding hydrogens is 817 g/mol. The van der Waals surface area contributed by atoms with Gasteiger partial charge in [0.2, 0.25) is 0 Å². The number of fused-ring (bicyclic) bond motifs is 1. The van der Waals surface area contributed by atoms with E-state index >= 15 is 0 Å². The normalized spacial score (nSPS) is 13.7. The molecule has 1 heterocycles. The largest absolute Gasteiger partial charge is 0.467 e. The third-order valence-corrected chi connectivity index (χ3v) is 10.0. The summed E-state index contributed by atoms with van der Waals surface area (Å²) in [5.41, 5.74) is 12.2. The monoisotopic (exact) mass is 859 g/mol. The van der Waals surface area contributed by atoms with Crippen LogP contribution in [0.3, 0.4) is 0 Å². The van der Waals surface area contributed by atoms with E-state index in [0.29, 0.717) is 50.7 Å². The van der Waals surface area contributed by atoms with Gasteiger partial charge in [-0.15, -0.1) is 0 Å². The molecule has 60 heavy (non-hydrogen) atoms. The van der Waals surface area contributed by atoms with E-state index in [9.17, 15) is 33.9 Å². The summed E-state index contributed by atoms with van der Waals surface area (Å²) in [7, 11) is 3.85. The first-order valence-electron chi connectivity index (χ1n) is 18.6. The Kier molecular flexibility index (Phi) is 17.2. The number of nitrogens with zero attached hydrogens (tertiary/aromatic N) is 5. The molecular formula is C43H43Cl2N5O10. The van der Waals surface area contributed by atoms with Gasteiger partial charge >= 0.3 is 17.9 Å². The number of ketones is 1. The Balaban J connectivity index is 0.000000267. The maximum atomic E-state index is 13.5. The molecule has 1 aliphatic rings. The van der Waals surface area contributed by atoms with E-state index in [-0.39, 0.29) is 55.5 Å². The summed E-state index contributed by atoms with van der Waals surface area (Å²) >= 11 is 12.0. The van der Waals surface area contributed by atoms with Gasteiger partial charge < -0.3 is 29.1 Å². The van der Waals surface area contributed by atoms with Crippen molar-refractivity contribution in [2.24, 2.45) is 5.11 Å². The lowest BCUT2D eigenvalue weighted by molar-refractivity contribution is -0.146. The van der Waals surface area contributed by atoms with Crippen molar-refractivity contribution >= 4 is 64.4 Å². The van der Waals surface area contributed by atoms with Crippen molar-refractivity contribution in [2.45, 2.75) is 57.8 Å². The van der Waals surface area contributed by atoms with Crippen LogP contribution in [-0.4, -0.2) is 90.4 Å². The van der Waals surface area contributed by atoms with Gasteiger partial charge in [-0.05, 0) is 95.7 Å². The molecule has 0 unspecified atom stereocenters. The predicted octanol–water partition coefficient (Wildman–Crippen LogP) is 7.70. The minimum absolute atomic E-state index is 0.0520. The number of esters is 3. The lowest BCUT2D eigenvalue weighted by Gasteiger charge is -2.30. The van der Waals surface area contributed by atoms with Gasteiger partial charge in [0.05, 0.1) is 44.2 Å². The molecule has 0 saturated carbocycles. The first kappa shape index (κ1) is 46.4. The smallest absolute Gasteiger partial charge is 0.337 e. The van der Waals surface area contributed by atoms with Gasteiger partial charge in [-0.2, -0.15) is 0 Å². The highest BCUT2D eigenvalue weighted by Crippen LogP contribution is 2.29. The number of halogens is 2. The van der Waals surface area contributed by atoms with Gasteiger partial charge in [0.15, 0.2) is 5.78 Å². The third kappa shape index (κ3) is 11.7. The van der Waals surface area contributed by atoms with Crippen LogP contribution < -0.4 is 0 Å². The van der Waals surface area contributed by atoms with Crippen molar-refractivity contribution in [1.82, 2.24) is 9.80 Å². The summed E-state index contributed by atoms with van der Waals surface area (Å²) in [4.78, 5) is 80.9. The number of azide groups is 1. The molecule has 17 heteroatoms. The lowest BCUT2D eigenvalue weighted by Crippen LogP contribution is -2.45. The minimum Gasteiger partial charge on any atom is -0.467 e. The number of Topliss-reactive ketones (excluding diaryl/α,β-unsaturated/α-hetero) is 1. The number of hydrogen-bond acceptors (Lipinski definition) is 11. The summed E-state index contributed by atoms with van der Waals surface area (Å²) in [6.45, 7) is 1.91. The minimum atomic E-state index is -0.868. The summed E-state index contributed by atoms with van der Waals surface area (Å²) in [5.74, 6) is -2.45. The first-order chi connectivity index (χ1) is 28.8. The highest BCUT2D eigenvalue weighted by atomic mass is 35.5. The van der Waals surface area contributed by atoms with Crippen molar-refractivity contribution in [3.05, 3.63) is 144 Å². The third-order valence-electron chi connectivity index (χ3n) is 9.54. The maximum absolute atomic E-state index is 13.5. The molecule has 0 aromatic heterocycles. The van der Waals surface area contributed by atoms with Gasteiger partial charge in [-0.1, -0.05) is 65.9 Å². The molecule has 0 fully saturated rings. The Morgan fingerprint density at radius 1 is 0.867 bits per heavy atom. The van der Waals surface area contributed by atoms with Crippen molar-refractivity contribution in [3.8, 4) is 0 Å². The topological polar surface area (TPSA) is 206 Å². The van der Waals surface area contributed by atoms with Crippen LogP contribution in [0.25, 0.3) is 10.4 Å². The van der Waals surface area contributed by atoms with Gasteiger partial charge in [-0.3, -0.25) is 14.4 Å². The Bertz CT molecular complexity index is 2260. The van der Waals surface area contributed by atoms with Crippen molar-refractivity contribution in [1.29, 1.82) is 0 Å². The molecule has 5 rings (SSSR count). The van der Waals surface area contributed by atoms with Crippen LogP contribution in [0.1, 0.15) is 84.3 Å². The van der Waals surface area contributed by atoms with Crippen molar-refractivity contribution in [3.63, 3.8) is 0 Å². The van der Waals surface area contributed by atoms with E-state index in [2.05, 4.69) is 14.8 Å². The van der Waals surface area contributed by atoms with Gasteiger partial charge in [0.1, 0.15) is 6.04 Å². The lowest BCUT2D eigenvalue weighted by atomic mass is 10.0. The number of amides is 2. The van der Waals surface area contributed by atoms with E-state index in [1.54, 1.807) is 66.7 Å². The number of aliphatic hydroxyl groups excluding tert-OH is 1. The summed E-state index contributed by atoms with van der Waals surface area (Å²) in [5, 5.41) is 13.8. The SMILES string of the molecule is CCC[C@H](C(=O)OC)N(Cc1ccc(C(=O)OC)cc1)C(=O)c1ccc(Cl)cc1N=[N+]=[N-].COC(=O)c1ccc(CN2C(=O)c3ccc(Cl)cc3CC(=O)[C@H]2CCO)cc1. The fourth-order valence-corrected chi connectivity index (χ4v) is 6.90. The van der Waals surface area contributed by atoms with E-state index in [1.807, 2.05) is 6.92 Å². The molecule has 0 spiro atoms. The zero-order valence-corrected chi connectivity index (χ0v) is 34.8. The molecule has 0 radical (unpaired) electrons. The molecule has 4 aromatic rings. The second-order valence-corrected chi connectivity index (χ2v) is 14.3. The van der Waals surface area contributed by atoms with Crippen LogP contribution in [0.4, 0.5) is 5.69 Å². The number of benzene rings is 4. The van der Waals surface area contributed by atoms with E-state index in [1.165, 1.54) is 49.3 Å². The van der Waals surface area contributed by atoms with Crippen LogP contribution in [0, 0.1) is 0 Å². The second kappa shape index (κ2) is 22.2. The van der Waals surface area contributed by atoms with Crippen molar-refractivity contribution in [2.75, 3.05) is 27.9 Å². The summed E-state index contributed by atoms with van der Waals surface area (Å²) < 4.78 is 14.3. The Morgan fingerprint density at radius 2 is 1.45 bits per heavy atom. The molecule has 1 aliphatic heterocycles. The van der Waals surface area contributed by atoms with E-state index in [0.717, 1.165) is 5.56 Å². The zero-order valence-electron chi connectivity index (χ0n) is 33.3. The maximum Gasteiger partial charge on any atom is 0.337 e. The highest BCUT2D eigenvalue weighted by Gasteiger charge is 2.35. The van der Waals surface area contributed by atoms with Gasteiger partial charge in [0.25, 0.3) is 11.8 Å². The average molecular weight is 861 g/mol. The van der Waals surface area contributed by atoms with Crippen LogP contribution in [-0.2, 0) is 43.3 Å². The van der Waals surface area contributed by atoms with Crippen molar-refractivity contribution < 1.29 is 48.1 Å². The Labute approximate surface area is 356 Å². The fraction of sp³-hybridized carbons (Fsp3) is 0.302. The standard InChI is InChI=1S/C22H23ClN4O5.C21H20ClNO5/c1-4-5-19(22(30)32-3)27(13-14-6-8-15(9-7-14)21(29)31-2)20(28)17-11-10-16(23)12-18(17)25-26-24;1-28-21(27)14-4-2-13(3-5-14)12-23-18(8-9-24)19(25)11-15-10-16(22)6-7-17(15)20(23)26/h6-12,19H,4-5,13H2,1-3H3;2-7,10,18,24H,8-9,11-12H2,1H3/t19-;18-/m11/s1. The number of methoxy groups -OCH3 is 3. The molecule has 15 nitrogen and oxygen atoms in total. The predicted molar refractivity (Wildman–Crippen MR) is 222 cm³/mol. The average Bonchev–Trinajstić information content (AvgIpc) is 3.34. The number of carbonyl (C=O) groups is 6. The molecule has 1 N–H and O–H groups in total. The second-order valence-electron chi connectivity index (χ2n) is 13.4. The van der Waals surface area contributed by atoms with E-state index in [4.69, 9.17) is 38.2 Å². The number of carbonyl (C=O) groups excluding carboxylic acids is 6. The van der Waals surface area contributed by atoms with Gasteiger partial charge in [-0.25, -0.2) is 14.4 Å². The Hall–Kier alpha value is -6.25. The van der Waals surface area contributed by atoms with Gasteiger partial charge in [0, 0.05) is 52.2 Å². The van der Waals surface area contributed by atoms with E-state index < -0.39 is 35.9 Å². The van der Waals surface area contributed by atoms with Crippen LogP contribution in [0.5, 0.6) is 0 Å².